The highest BCUT2D eigenvalue weighted by molar-refractivity contribution is 7.89. The Balaban J connectivity index is 1.65. The van der Waals surface area contributed by atoms with Gasteiger partial charge in [-0.2, -0.15) is 9.40 Å². The smallest absolute Gasteiger partial charge is 0.263 e. The minimum absolute atomic E-state index is 0.142. The molecule has 158 valence electrons. The molecular formula is C20H28N4O4S. The van der Waals surface area contributed by atoms with Crippen LogP contribution in [0.2, 0.25) is 0 Å². The van der Waals surface area contributed by atoms with Gasteiger partial charge in [0.05, 0.1) is 11.4 Å². The van der Waals surface area contributed by atoms with Gasteiger partial charge in [0.25, 0.3) is 5.91 Å². The second kappa shape index (κ2) is 8.54. The van der Waals surface area contributed by atoms with E-state index in [2.05, 4.69) is 5.10 Å². The largest absolute Gasteiger partial charge is 0.481 e. The highest BCUT2D eigenvalue weighted by Crippen LogP contribution is 2.24. The number of hydrogen-bond donors (Lipinski definition) is 0. The summed E-state index contributed by atoms with van der Waals surface area (Å²) in [5.41, 5.74) is 1.15. The minimum Gasteiger partial charge on any atom is -0.481 e. The maximum absolute atomic E-state index is 13.2. The van der Waals surface area contributed by atoms with Gasteiger partial charge in [-0.05, 0) is 39.8 Å². The van der Waals surface area contributed by atoms with Crippen molar-refractivity contribution in [2.45, 2.75) is 45.2 Å². The van der Waals surface area contributed by atoms with E-state index in [1.165, 1.54) is 4.31 Å². The summed E-state index contributed by atoms with van der Waals surface area (Å²) in [6.07, 6.45) is -0.632. The monoisotopic (exact) mass is 420 g/mol. The fourth-order valence-electron chi connectivity index (χ4n) is 3.65. The lowest BCUT2D eigenvalue weighted by atomic mass is 10.3. The van der Waals surface area contributed by atoms with Gasteiger partial charge in [0.2, 0.25) is 10.0 Å². The van der Waals surface area contributed by atoms with E-state index >= 15 is 0 Å². The summed E-state index contributed by atoms with van der Waals surface area (Å²) < 4.78 is 35.2. The molecule has 2 aromatic rings. The molecule has 1 aliphatic rings. The molecule has 0 aliphatic carbocycles. The number of rotatable bonds is 6. The average molecular weight is 421 g/mol. The zero-order chi connectivity index (χ0) is 21.2. The molecule has 0 unspecified atom stereocenters. The number of piperazine rings is 1. The van der Waals surface area contributed by atoms with E-state index in [-0.39, 0.29) is 23.9 Å². The van der Waals surface area contributed by atoms with E-state index in [1.807, 2.05) is 25.1 Å². The molecule has 1 fully saturated rings. The molecule has 1 amide bonds. The molecule has 0 radical (unpaired) electrons. The molecule has 9 heteroatoms. The van der Waals surface area contributed by atoms with Gasteiger partial charge < -0.3 is 9.64 Å². The topological polar surface area (TPSA) is 84.7 Å². The Morgan fingerprint density at radius 1 is 1.14 bits per heavy atom. The number of benzene rings is 1. The number of para-hydroxylation sites is 1. The van der Waals surface area contributed by atoms with Crippen LogP contribution in [0.4, 0.5) is 0 Å². The van der Waals surface area contributed by atoms with Crippen molar-refractivity contribution in [2.75, 3.05) is 26.2 Å². The molecule has 0 bridgehead atoms. The summed E-state index contributed by atoms with van der Waals surface area (Å²) in [6.45, 7) is 8.92. The average Bonchev–Trinajstić information content (AvgIpc) is 3.02. The fourth-order valence-corrected chi connectivity index (χ4v) is 5.45. The molecule has 29 heavy (non-hydrogen) atoms. The summed E-state index contributed by atoms with van der Waals surface area (Å²) in [7, 11) is -3.65. The lowest BCUT2D eigenvalue weighted by Crippen LogP contribution is -2.53. The molecule has 2 heterocycles. The second-order valence-corrected chi connectivity index (χ2v) is 8.99. The number of aryl methyl sites for hydroxylation is 2. The lowest BCUT2D eigenvalue weighted by Gasteiger charge is -2.35. The van der Waals surface area contributed by atoms with Gasteiger partial charge in [-0.1, -0.05) is 18.2 Å². The van der Waals surface area contributed by atoms with Crippen LogP contribution in [0.15, 0.2) is 35.2 Å². The second-order valence-electron chi connectivity index (χ2n) is 7.12. The van der Waals surface area contributed by atoms with Crippen molar-refractivity contribution < 1.29 is 17.9 Å². The maximum atomic E-state index is 13.2. The number of sulfonamides is 1. The number of carbonyl (C=O) groups excluding carboxylic acids is 1. The van der Waals surface area contributed by atoms with Crippen molar-refractivity contribution in [1.29, 1.82) is 0 Å². The summed E-state index contributed by atoms with van der Waals surface area (Å²) >= 11 is 0. The van der Waals surface area contributed by atoms with Gasteiger partial charge in [-0.25, -0.2) is 8.42 Å². The maximum Gasteiger partial charge on any atom is 0.263 e. The van der Waals surface area contributed by atoms with Crippen molar-refractivity contribution in [3.8, 4) is 5.75 Å². The summed E-state index contributed by atoms with van der Waals surface area (Å²) in [6, 6.07) is 9.18. The number of carbonyl (C=O) groups is 1. The lowest BCUT2D eigenvalue weighted by molar-refractivity contribution is -0.139. The molecular weight excluding hydrogens is 392 g/mol. The van der Waals surface area contributed by atoms with Crippen LogP contribution in [0.3, 0.4) is 0 Å². The molecule has 8 nitrogen and oxygen atoms in total. The highest BCUT2D eigenvalue weighted by Gasteiger charge is 2.35. The third kappa shape index (κ3) is 4.30. The van der Waals surface area contributed by atoms with Crippen LogP contribution in [-0.4, -0.2) is 65.6 Å². The minimum atomic E-state index is -3.65. The van der Waals surface area contributed by atoms with Gasteiger partial charge in [-0.3, -0.25) is 9.48 Å². The van der Waals surface area contributed by atoms with E-state index in [0.717, 1.165) is 0 Å². The van der Waals surface area contributed by atoms with Crippen LogP contribution < -0.4 is 4.74 Å². The molecule has 1 atom stereocenters. The molecule has 1 saturated heterocycles. The predicted octanol–water partition coefficient (Wildman–Crippen LogP) is 1.82. The molecule has 3 rings (SSSR count). The number of nitrogens with zero attached hydrogens (tertiary/aromatic N) is 4. The van der Waals surface area contributed by atoms with E-state index in [1.54, 1.807) is 42.5 Å². The van der Waals surface area contributed by atoms with Crippen molar-refractivity contribution in [1.82, 2.24) is 19.0 Å². The quantitative estimate of drug-likeness (QED) is 0.712. The zero-order valence-electron chi connectivity index (χ0n) is 17.3. The molecule has 0 N–H and O–H groups in total. The fraction of sp³-hybridized carbons (Fsp3) is 0.500. The van der Waals surface area contributed by atoms with Crippen molar-refractivity contribution in [3.05, 3.63) is 41.7 Å². The predicted molar refractivity (Wildman–Crippen MR) is 109 cm³/mol. The number of amides is 1. The summed E-state index contributed by atoms with van der Waals surface area (Å²) in [4.78, 5) is 14.6. The first-order valence-electron chi connectivity index (χ1n) is 9.80. The zero-order valence-corrected chi connectivity index (χ0v) is 18.1. The molecule has 1 aliphatic heterocycles. The standard InChI is InChI=1S/C20H28N4O4S/c1-5-24-16(3)19(15(2)21-24)29(26,27)23-13-11-22(12-14-23)20(25)17(4)28-18-9-7-6-8-10-18/h6-10,17H,5,11-14H2,1-4H3/t17-/m1/s1. The van der Waals surface area contributed by atoms with Crippen LogP contribution in [-0.2, 0) is 21.4 Å². The molecule has 1 aromatic heterocycles. The number of hydrogen-bond acceptors (Lipinski definition) is 5. The summed E-state index contributed by atoms with van der Waals surface area (Å²) in [5.74, 6) is 0.491. The van der Waals surface area contributed by atoms with Gasteiger partial charge in [0.1, 0.15) is 10.6 Å². The number of aromatic nitrogens is 2. The van der Waals surface area contributed by atoms with E-state index in [0.29, 0.717) is 36.8 Å². The Morgan fingerprint density at radius 2 is 1.76 bits per heavy atom. The van der Waals surface area contributed by atoms with Gasteiger partial charge in [0.15, 0.2) is 6.10 Å². The SMILES string of the molecule is CCn1nc(C)c(S(=O)(=O)N2CCN(C(=O)[C@@H](C)Oc3ccccc3)CC2)c1C. The Morgan fingerprint density at radius 3 is 2.31 bits per heavy atom. The Hall–Kier alpha value is -2.39. The first-order valence-corrected chi connectivity index (χ1v) is 11.2. The van der Waals surface area contributed by atoms with E-state index in [9.17, 15) is 13.2 Å². The normalized spacial score (nSPS) is 16.6. The Bertz CT molecular complexity index is 964. The molecule has 0 spiro atoms. The highest BCUT2D eigenvalue weighted by atomic mass is 32.2. The van der Waals surface area contributed by atoms with E-state index < -0.39 is 16.1 Å². The van der Waals surface area contributed by atoms with E-state index in [4.69, 9.17) is 4.74 Å². The Kier molecular flexibility index (Phi) is 6.28. The van der Waals surface area contributed by atoms with Gasteiger partial charge in [-0.15, -0.1) is 0 Å². The Labute approximate surface area is 172 Å². The van der Waals surface area contributed by atoms with Crippen LogP contribution in [0.1, 0.15) is 25.2 Å². The third-order valence-electron chi connectivity index (χ3n) is 5.17. The third-order valence-corrected chi connectivity index (χ3v) is 7.32. The van der Waals surface area contributed by atoms with Crippen LogP contribution in [0.5, 0.6) is 5.75 Å². The van der Waals surface area contributed by atoms with Crippen molar-refractivity contribution >= 4 is 15.9 Å². The van der Waals surface area contributed by atoms with Gasteiger partial charge >= 0.3 is 0 Å². The van der Waals surface area contributed by atoms with Crippen LogP contribution in [0.25, 0.3) is 0 Å². The first kappa shape index (κ1) is 21.3. The van der Waals surface area contributed by atoms with Crippen LogP contribution >= 0.6 is 0 Å². The first-order chi connectivity index (χ1) is 13.8. The molecule has 1 aromatic carbocycles. The number of ether oxygens (including phenoxy) is 1. The van der Waals surface area contributed by atoms with Gasteiger partial charge in [0, 0.05) is 32.7 Å². The van der Waals surface area contributed by atoms with Crippen molar-refractivity contribution in [2.24, 2.45) is 0 Å². The molecule has 0 saturated carbocycles. The summed E-state index contributed by atoms with van der Waals surface area (Å²) in [5, 5.41) is 4.33. The van der Waals surface area contributed by atoms with Crippen LogP contribution in [0, 0.1) is 13.8 Å². The van der Waals surface area contributed by atoms with Crippen molar-refractivity contribution in [3.63, 3.8) is 0 Å².